The fourth-order valence-corrected chi connectivity index (χ4v) is 1.96. The van der Waals surface area contributed by atoms with Gasteiger partial charge in [0.15, 0.2) is 0 Å². The number of rotatable bonds is 6. The van der Waals surface area contributed by atoms with Crippen molar-refractivity contribution in [1.29, 1.82) is 0 Å². The summed E-state index contributed by atoms with van der Waals surface area (Å²) in [7, 11) is 1.92. The first kappa shape index (κ1) is 11.9. The topological polar surface area (TPSA) is 43.0 Å². The highest BCUT2D eigenvalue weighted by Crippen LogP contribution is 2.15. The first-order chi connectivity index (χ1) is 8.35. The average Bonchev–Trinajstić information content (AvgIpc) is 2.92. The van der Waals surface area contributed by atoms with Gasteiger partial charge in [-0.3, -0.25) is 0 Å². The van der Waals surface area contributed by atoms with E-state index in [4.69, 9.17) is 4.42 Å². The van der Waals surface area contributed by atoms with Gasteiger partial charge in [-0.05, 0) is 19.5 Å². The van der Waals surface area contributed by atoms with Crippen LogP contribution in [0.15, 0.2) is 29.1 Å². The molecule has 0 atom stereocenters. The summed E-state index contributed by atoms with van der Waals surface area (Å²) >= 11 is 0. The summed E-state index contributed by atoms with van der Waals surface area (Å²) in [5, 5.41) is 3.11. The maximum atomic E-state index is 5.45. The van der Waals surface area contributed by atoms with Crippen molar-refractivity contribution in [2.24, 2.45) is 0 Å². The van der Waals surface area contributed by atoms with Crippen molar-refractivity contribution in [3.8, 4) is 0 Å². The second kappa shape index (κ2) is 5.68. The standard InChI is InChI=1S/C13H19N3O/c1-3-6-16-7-5-15-13(16)9-11-4-8-17-12(11)10-14-2/h4-5,7-8,14H,3,6,9-10H2,1-2H3. The summed E-state index contributed by atoms with van der Waals surface area (Å²) in [4.78, 5) is 4.41. The van der Waals surface area contributed by atoms with Crippen molar-refractivity contribution in [3.05, 3.63) is 41.9 Å². The van der Waals surface area contributed by atoms with Gasteiger partial charge in [0.05, 0.1) is 12.8 Å². The van der Waals surface area contributed by atoms with Gasteiger partial charge in [-0.25, -0.2) is 4.98 Å². The number of furan rings is 1. The van der Waals surface area contributed by atoms with Crippen LogP contribution in [-0.4, -0.2) is 16.6 Å². The molecule has 2 heterocycles. The van der Waals surface area contributed by atoms with Crippen LogP contribution in [0.3, 0.4) is 0 Å². The Kier molecular flexibility index (Phi) is 3.98. The molecule has 4 nitrogen and oxygen atoms in total. The number of nitrogens with one attached hydrogen (secondary N) is 1. The van der Waals surface area contributed by atoms with Crippen LogP contribution in [-0.2, 0) is 19.5 Å². The molecule has 0 fully saturated rings. The van der Waals surface area contributed by atoms with Gasteiger partial charge in [-0.1, -0.05) is 6.92 Å². The number of hydrogen-bond acceptors (Lipinski definition) is 3. The molecule has 0 aliphatic carbocycles. The molecule has 0 unspecified atom stereocenters. The fourth-order valence-electron chi connectivity index (χ4n) is 1.96. The number of nitrogens with zero attached hydrogens (tertiary/aromatic N) is 2. The second-order valence-electron chi connectivity index (χ2n) is 4.11. The van der Waals surface area contributed by atoms with E-state index in [0.29, 0.717) is 0 Å². The van der Waals surface area contributed by atoms with E-state index >= 15 is 0 Å². The molecule has 0 bridgehead atoms. The van der Waals surface area contributed by atoms with E-state index in [1.165, 1.54) is 5.56 Å². The quantitative estimate of drug-likeness (QED) is 0.831. The number of imidazole rings is 1. The molecule has 2 aromatic rings. The van der Waals surface area contributed by atoms with Crippen LogP contribution >= 0.6 is 0 Å². The lowest BCUT2D eigenvalue weighted by atomic mass is 10.1. The van der Waals surface area contributed by atoms with Crippen LogP contribution in [0.5, 0.6) is 0 Å². The zero-order valence-corrected chi connectivity index (χ0v) is 10.4. The van der Waals surface area contributed by atoms with Crippen LogP contribution in [0.25, 0.3) is 0 Å². The van der Waals surface area contributed by atoms with E-state index in [-0.39, 0.29) is 0 Å². The Hall–Kier alpha value is -1.55. The van der Waals surface area contributed by atoms with Gasteiger partial charge >= 0.3 is 0 Å². The molecule has 17 heavy (non-hydrogen) atoms. The molecule has 1 N–H and O–H groups in total. The maximum Gasteiger partial charge on any atom is 0.121 e. The number of aryl methyl sites for hydroxylation is 1. The molecular weight excluding hydrogens is 214 g/mol. The van der Waals surface area contributed by atoms with E-state index in [9.17, 15) is 0 Å². The van der Waals surface area contributed by atoms with Crippen molar-refractivity contribution in [2.75, 3.05) is 7.05 Å². The predicted molar refractivity (Wildman–Crippen MR) is 66.8 cm³/mol. The highest BCUT2D eigenvalue weighted by molar-refractivity contribution is 5.21. The van der Waals surface area contributed by atoms with E-state index in [1.807, 2.05) is 25.5 Å². The molecule has 4 heteroatoms. The van der Waals surface area contributed by atoms with Crippen molar-refractivity contribution >= 4 is 0 Å². The minimum Gasteiger partial charge on any atom is -0.468 e. The summed E-state index contributed by atoms with van der Waals surface area (Å²) in [6, 6.07) is 2.03. The van der Waals surface area contributed by atoms with Crippen molar-refractivity contribution in [3.63, 3.8) is 0 Å². The van der Waals surface area contributed by atoms with E-state index in [1.54, 1.807) is 6.26 Å². The Morgan fingerprint density at radius 2 is 2.35 bits per heavy atom. The number of hydrogen-bond donors (Lipinski definition) is 1. The van der Waals surface area contributed by atoms with Gasteiger partial charge in [0.1, 0.15) is 11.6 Å². The van der Waals surface area contributed by atoms with E-state index < -0.39 is 0 Å². The van der Waals surface area contributed by atoms with E-state index in [0.717, 1.165) is 37.5 Å². The first-order valence-corrected chi connectivity index (χ1v) is 6.05. The lowest BCUT2D eigenvalue weighted by molar-refractivity contribution is 0.490. The summed E-state index contributed by atoms with van der Waals surface area (Å²) in [5.74, 6) is 2.10. The third-order valence-electron chi connectivity index (χ3n) is 2.79. The van der Waals surface area contributed by atoms with Crippen molar-refractivity contribution in [1.82, 2.24) is 14.9 Å². The van der Waals surface area contributed by atoms with Crippen LogP contribution < -0.4 is 5.32 Å². The Morgan fingerprint density at radius 3 is 3.12 bits per heavy atom. The van der Waals surface area contributed by atoms with Gasteiger partial charge < -0.3 is 14.3 Å². The normalized spacial score (nSPS) is 10.9. The third kappa shape index (κ3) is 2.77. The minimum atomic E-state index is 0.761. The van der Waals surface area contributed by atoms with Gasteiger partial charge in [0.2, 0.25) is 0 Å². The molecule has 0 aliphatic heterocycles. The zero-order chi connectivity index (χ0) is 12.1. The predicted octanol–water partition coefficient (Wildman–Crippen LogP) is 2.20. The molecular formula is C13H19N3O. The summed E-state index contributed by atoms with van der Waals surface area (Å²) in [6.45, 7) is 3.96. The molecule has 0 amide bonds. The van der Waals surface area contributed by atoms with Crippen molar-refractivity contribution in [2.45, 2.75) is 32.9 Å². The van der Waals surface area contributed by atoms with Crippen LogP contribution in [0.1, 0.15) is 30.5 Å². The molecule has 2 rings (SSSR count). The molecule has 0 saturated carbocycles. The molecule has 0 aliphatic rings. The number of aromatic nitrogens is 2. The van der Waals surface area contributed by atoms with Crippen LogP contribution in [0.4, 0.5) is 0 Å². The maximum absolute atomic E-state index is 5.45. The molecule has 92 valence electrons. The minimum absolute atomic E-state index is 0.761. The summed E-state index contributed by atoms with van der Waals surface area (Å²) < 4.78 is 7.66. The molecule has 2 aromatic heterocycles. The Bertz CT molecular complexity index is 416. The Balaban J connectivity index is 2.13. The molecule has 0 spiro atoms. The molecule has 0 radical (unpaired) electrons. The van der Waals surface area contributed by atoms with Crippen LogP contribution in [0.2, 0.25) is 0 Å². The SMILES string of the molecule is CCCn1ccnc1Cc1ccoc1CNC. The van der Waals surface area contributed by atoms with Crippen LogP contribution in [0, 0.1) is 0 Å². The zero-order valence-electron chi connectivity index (χ0n) is 10.4. The average molecular weight is 233 g/mol. The summed E-state index contributed by atoms with van der Waals surface area (Å²) in [5.41, 5.74) is 1.21. The highest BCUT2D eigenvalue weighted by atomic mass is 16.3. The largest absolute Gasteiger partial charge is 0.468 e. The third-order valence-corrected chi connectivity index (χ3v) is 2.79. The Morgan fingerprint density at radius 1 is 1.47 bits per heavy atom. The van der Waals surface area contributed by atoms with Gasteiger partial charge in [-0.15, -0.1) is 0 Å². The lowest BCUT2D eigenvalue weighted by Crippen LogP contribution is -2.08. The summed E-state index contributed by atoms with van der Waals surface area (Å²) in [6.07, 6.45) is 7.60. The van der Waals surface area contributed by atoms with Gasteiger partial charge in [0.25, 0.3) is 0 Å². The smallest absolute Gasteiger partial charge is 0.121 e. The van der Waals surface area contributed by atoms with Gasteiger partial charge in [0, 0.05) is 30.9 Å². The highest BCUT2D eigenvalue weighted by Gasteiger charge is 2.09. The van der Waals surface area contributed by atoms with E-state index in [2.05, 4.69) is 21.8 Å². The fraction of sp³-hybridized carbons (Fsp3) is 0.462. The van der Waals surface area contributed by atoms with Crippen molar-refractivity contribution < 1.29 is 4.42 Å². The monoisotopic (exact) mass is 233 g/mol. The Labute approximate surface area is 102 Å². The lowest BCUT2D eigenvalue weighted by Gasteiger charge is -2.06. The second-order valence-corrected chi connectivity index (χ2v) is 4.11. The molecule has 0 saturated heterocycles. The molecule has 0 aromatic carbocycles. The van der Waals surface area contributed by atoms with Gasteiger partial charge in [-0.2, -0.15) is 0 Å². The first-order valence-electron chi connectivity index (χ1n) is 6.05.